The summed E-state index contributed by atoms with van der Waals surface area (Å²) in [5.74, 6) is 5.57. The number of benzene rings is 1. The Balaban J connectivity index is 2.61. The fourth-order valence-electron chi connectivity index (χ4n) is 1.78. The van der Waals surface area contributed by atoms with E-state index in [9.17, 15) is 17.2 Å². The fraction of sp³-hybridized carbons (Fsp3) is 0.500. The van der Waals surface area contributed by atoms with Crippen LogP contribution in [0.15, 0.2) is 24.3 Å². The normalized spacial score (nSPS) is 13.4. The first kappa shape index (κ1) is 16.8. The summed E-state index contributed by atoms with van der Waals surface area (Å²) >= 11 is 0. The maximum absolute atomic E-state index is 12.0. The smallest absolute Gasteiger partial charge is 0.387 e. The van der Waals surface area contributed by atoms with Gasteiger partial charge in [0.1, 0.15) is 15.6 Å². The monoisotopic (exact) mass is 308 g/mol. The first-order valence-electron chi connectivity index (χ1n) is 6.00. The molecule has 1 unspecified atom stereocenters. The van der Waals surface area contributed by atoms with Gasteiger partial charge in [0.15, 0.2) is 0 Å². The Morgan fingerprint density at radius 3 is 2.35 bits per heavy atom. The van der Waals surface area contributed by atoms with E-state index in [0.29, 0.717) is 12.8 Å². The van der Waals surface area contributed by atoms with Crippen LogP contribution in [0.5, 0.6) is 5.75 Å². The molecule has 1 aromatic carbocycles. The third kappa shape index (κ3) is 6.27. The lowest BCUT2D eigenvalue weighted by Crippen LogP contribution is -2.28. The van der Waals surface area contributed by atoms with Gasteiger partial charge in [0.2, 0.25) is 0 Å². The van der Waals surface area contributed by atoms with Crippen LogP contribution in [0.1, 0.15) is 24.4 Å². The van der Waals surface area contributed by atoms with E-state index in [2.05, 4.69) is 10.2 Å². The number of sulfone groups is 1. The molecular formula is C12H18F2N2O3S. The minimum atomic E-state index is -3.00. The lowest BCUT2D eigenvalue weighted by atomic mass is 10.0. The summed E-state index contributed by atoms with van der Waals surface area (Å²) in [4.78, 5) is 0. The van der Waals surface area contributed by atoms with E-state index in [4.69, 9.17) is 5.84 Å². The van der Waals surface area contributed by atoms with Crippen LogP contribution in [0.2, 0.25) is 0 Å². The molecule has 0 aromatic heterocycles. The minimum absolute atomic E-state index is 0.0654. The van der Waals surface area contributed by atoms with Crippen molar-refractivity contribution in [2.75, 3.05) is 12.0 Å². The topological polar surface area (TPSA) is 81.4 Å². The highest BCUT2D eigenvalue weighted by molar-refractivity contribution is 7.90. The van der Waals surface area contributed by atoms with Gasteiger partial charge >= 0.3 is 6.61 Å². The molecule has 0 aliphatic heterocycles. The maximum Gasteiger partial charge on any atom is 0.387 e. The van der Waals surface area contributed by atoms with Gasteiger partial charge in [-0.05, 0) is 30.5 Å². The minimum Gasteiger partial charge on any atom is -0.435 e. The second-order valence-corrected chi connectivity index (χ2v) is 6.70. The average molecular weight is 308 g/mol. The third-order valence-electron chi connectivity index (χ3n) is 2.72. The zero-order valence-electron chi connectivity index (χ0n) is 11.1. The highest BCUT2D eigenvalue weighted by Crippen LogP contribution is 2.22. The van der Waals surface area contributed by atoms with Crippen molar-refractivity contribution in [3.8, 4) is 5.75 Å². The van der Waals surface area contributed by atoms with Crippen LogP contribution in [0, 0.1) is 0 Å². The summed E-state index contributed by atoms with van der Waals surface area (Å²) in [6.45, 7) is -2.86. The van der Waals surface area contributed by atoms with Gasteiger partial charge in [0.25, 0.3) is 0 Å². The van der Waals surface area contributed by atoms with Crippen LogP contribution < -0.4 is 16.0 Å². The highest BCUT2D eigenvalue weighted by Gasteiger charge is 2.12. The Morgan fingerprint density at radius 2 is 1.90 bits per heavy atom. The number of hydrogen-bond acceptors (Lipinski definition) is 5. The van der Waals surface area contributed by atoms with E-state index in [1.165, 1.54) is 18.4 Å². The Bertz CT molecular complexity index is 506. The van der Waals surface area contributed by atoms with Gasteiger partial charge in [-0.15, -0.1) is 0 Å². The molecule has 0 fully saturated rings. The van der Waals surface area contributed by atoms with Crippen LogP contribution in [-0.2, 0) is 9.84 Å². The predicted octanol–water partition coefficient (Wildman–Crippen LogP) is 1.62. The average Bonchev–Trinajstić information content (AvgIpc) is 2.34. The second kappa shape index (κ2) is 7.51. The molecule has 8 heteroatoms. The Labute approximate surface area is 117 Å². The van der Waals surface area contributed by atoms with Crippen molar-refractivity contribution < 1.29 is 21.9 Å². The third-order valence-corrected chi connectivity index (χ3v) is 3.75. The van der Waals surface area contributed by atoms with Crippen LogP contribution in [0.4, 0.5) is 8.78 Å². The lowest BCUT2D eigenvalue weighted by molar-refractivity contribution is -0.0498. The van der Waals surface area contributed by atoms with Crippen molar-refractivity contribution in [3.05, 3.63) is 29.8 Å². The van der Waals surface area contributed by atoms with Gasteiger partial charge in [-0.1, -0.05) is 12.1 Å². The van der Waals surface area contributed by atoms with E-state index in [0.717, 1.165) is 5.56 Å². The summed E-state index contributed by atoms with van der Waals surface area (Å²) in [6, 6.07) is 5.83. The summed E-state index contributed by atoms with van der Waals surface area (Å²) in [7, 11) is -3.00. The first-order chi connectivity index (χ1) is 9.31. The molecule has 1 rings (SSSR count). The van der Waals surface area contributed by atoms with Gasteiger partial charge in [0, 0.05) is 18.1 Å². The van der Waals surface area contributed by atoms with Gasteiger partial charge < -0.3 is 4.74 Å². The molecule has 1 aromatic rings. The van der Waals surface area contributed by atoms with Crippen LogP contribution >= 0.6 is 0 Å². The number of hydrogen-bond donors (Lipinski definition) is 2. The molecule has 0 aliphatic rings. The number of rotatable bonds is 8. The Hall–Kier alpha value is -1.25. The molecule has 0 saturated heterocycles. The zero-order chi connectivity index (χ0) is 15.2. The summed E-state index contributed by atoms with van der Waals surface area (Å²) in [5, 5.41) is 0. The highest BCUT2D eigenvalue weighted by atomic mass is 32.2. The van der Waals surface area contributed by atoms with Gasteiger partial charge in [-0.3, -0.25) is 11.3 Å². The van der Waals surface area contributed by atoms with Gasteiger partial charge in [0.05, 0.1) is 0 Å². The molecule has 0 saturated carbocycles. The number of nitrogens with two attached hydrogens (primary N) is 1. The van der Waals surface area contributed by atoms with Crippen molar-refractivity contribution in [1.29, 1.82) is 0 Å². The molecular weight excluding hydrogens is 290 g/mol. The Morgan fingerprint density at radius 1 is 1.30 bits per heavy atom. The molecule has 0 aliphatic carbocycles. The second-order valence-electron chi connectivity index (χ2n) is 4.44. The number of hydrazine groups is 1. The molecule has 0 heterocycles. The fourth-order valence-corrected chi connectivity index (χ4v) is 2.47. The van der Waals surface area contributed by atoms with Crippen molar-refractivity contribution in [2.45, 2.75) is 25.5 Å². The molecule has 5 nitrogen and oxygen atoms in total. The SMILES string of the molecule is CS(=O)(=O)CCCC(NN)c1ccc(OC(F)F)cc1. The maximum atomic E-state index is 12.0. The quantitative estimate of drug-likeness (QED) is 0.563. The van der Waals surface area contributed by atoms with E-state index < -0.39 is 16.4 Å². The first-order valence-corrected chi connectivity index (χ1v) is 8.06. The zero-order valence-corrected chi connectivity index (χ0v) is 11.9. The van der Waals surface area contributed by atoms with E-state index >= 15 is 0 Å². The molecule has 3 N–H and O–H groups in total. The van der Waals surface area contributed by atoms with Crippen molar-refractivity contribution in [2.24, 2.45) is 5.84 Å². The number of ether oxygens (including phenoxy) is 1. The molecule has 114 valence electrons. The van der Waals surface area contributed by atoms with Gasteiger partial charge in [-0.2, -0.15) is 8.78 Å². The predicted molar refractivity (Wildman–Crippen MR) is 72.1 cm³/mol. The summed E-state index contributed by atoms with van der Waals surface area (Å²) < 4.78 is 50.4. The molecule has 20 heavy (non-hydrogen) atoms. The lowest BCUT2D eigenvalue weighted by Gasteiger charge is -2.16. The molecule has 1 atom stereocenters. The summed E-state index contributed by atoms with van der Waals surface area (Å²) in [6.07, 6.45) is 2.16. The van der Waals surface area contributed by atoms with Crippen molar-refractivity contribution in [1.82, 2.24) is 5.43 Å². The largest absolute Gasteiger partial charge is 0.435 e. The van der Waals surface area contributed by atoms with Crippen LogP contribution in [0.3, 0.4) is 0 Å². The van der Waals surface area contributed by atoms with Crippen LogP contribution in [0.25, 0.3) is 0 Å². The van der Waals surface area contributed by atoms with Gasteiger partial charge in [-0.25, -0.2) is 8.42 Å². The van der Waals surface area contributed by atoms with Crippen molar-refractivity contribution >= 4 is 9.84 Å². The number of alkyl halides is 2. The number of nitrogens with one attached hydrogen (secondary N) is 1. The van der Waals surface area contributed by atoms with E-state index in [1.54, 1.807) is 12.1 Å². The molecule has 0 spiro atoms. The van der Waals surface area contributed by atoms with E-state index in [-0.39, 0.29) is 17.5 Å². The van der Waals surface area contributed by atoms with E-state index in [1.807, 2.05) is 0 Å². The number of halogens is 2. The molecule has 0 amide bonds. The van der Waals surface area contributed by atoms with Crippen molar-refractivity contribution in [3.63, 3.8) is 0 Å². The molecule has 0 radical (unpaired) electrons. The molecule has 0 bridgehead atoms. The standard InChI is InChI=1S/C12H18F2N2O3S/c1-20(17,18)8-2-3-11(16-15)9-4-6-10(7-5-9)19-12(13)14/h4-7,11-12,16H,2-3,8,15H2,1H3. The summed E-state index contributed by atoms with van der Waals surface area (Å²) in [5.41, 5.74) is 3.36. The van der Waals surface area contributed by atoms with Crippen LogP contribution in [-0.4, -0.2) is 27.0 Å². The Kier molecular flexibility index (Phi) is 6.31.